The molecular weight excluding hydrogens is 304 g/mol. The first-order valence-corrected chi connectivity index (χ1v) is 8.08. The van der Waals surface area contributed by atoms with Crippen molar-refractivity contribution in [2.24, 2.45) is 0 Å². The van der Waals surface area contributed by atoms with Crippen molar-refractivity contribution in [3.8, 4) is 0 Å². The lowest BCUT2D eigenvalue weighted by Crippen LogP contribution is -2.49. The largest absolute Gasteiger partial charge is 0.336 e. The van der Waals surface area contributed by atoms with Gasteiger partial charge in [-0.15, -0.1) is 0 Å². The molecular formula is C15H19BrN2O. The summed E-state index contributed by atoms with van der Waals surface area (Å²) in [5, 5.41) is 0.835. The quantitative estimate of drug-likeness (QED) is 0.798. The summed E-state index contributed by atoms with van der Waals surface area (Å²) in [6.45, 7) is 3.82. The van der Waals surface area contributed by atoms with Crippen LogP contribution in [-0.4, -0.2) is 47.9 Å². The Bertz CT molecular complexity index is 448. The monoisotopic (exact) mass is 322 g/mol. The maximum Gasteiger partial charge on any atom is 0.253 e. The van der Waals surface area contributed by atoms with Gasteiger partial charge in [0.1, 0.15) is 0 Å². The van der Waals surface area contributed by atoms with Gasteiger partial charge in [0.05, 0.1) is 0 Å². The van der Waals surface area contributed by atoms with Crippen molar-refractivity contribution < 1.29 is 4.79 Å². The molecule has 0 unspecified atom stereocenters. The zero-order chi connectivity index (χ0) is 13.2. The fourth-order valence-electron chi connectivity index (χ4n) is 2.65. The molecule has 1 aliphatic heterocycles. The average Bonchev–Trinajstić information content (AvgIpc) is 3.31. The topological polar surface area (TPSA) is 23.6 Å². The number of alkyl halides is 1. The number of carbonyl (C=O) groups excluding carboxylic acids is 1. The van der Waals surface area contributed by atoms with Crippen LogP contribution in [0, 0.1) is 0 Å². The van der Waals surface area contributed by atoms with E-state index in [0.29, 0.717) is 0 Å². The number of rotatable bonds is 3. The molecule has 1 aromatic rings. The van der Waals surface area contributed by atoms with E-state index < -0.39 is 0 Å². The Morgan fingerprint density at radius 2 is 1.74 bits per heavy atom. The maximum absolute atomic E-state index is 12.4. The minimum absolute atomic E-state index is 0.177. The third-order valence-corrected chi connectivity index (χ3v) is 4.67. The van der Waals surface area contributed by atoms with Gasteiger partial charge in [-0.3, -0.25) is 9.69 Å². The van der Waals surface area contributed by atoms with Crippen LogP contribution in [0.5, 0.6) is 0 Å². The molecule has 4 heteroatoms. The molecule has 102 valence electrons. The lowest BCUT2D eigenvalue weighted by molar-refractivity contribution is 0.0627. The Morgan fingerprint density at radius 1 is 1.11 bits per heavy atom. The highest BCUT2D eigenvalue weighted by atomic mass is 79.9. The SMILES string of the molecule is O=C(c1ccc(CBr)cc1)N1CCN(C2CC2)CC1. The van der Waals surface area contributed by atoms with Crippen LogP contribution in [0.4, 0.5) is 0 Å². The third kappa shape index (κ3) is 3.00. The van der Waals surface area contributed by atoms with Crippen molar-refractivity contribution in [3.63, 3.8) is 0 Å². The van der Waals surface area contributed by atoms with E-state index in [2.05, 4.69) is 20.8 Å². The van der Waals surface area contributed by atoms with Crippen LogP contribution >= 0.6 is 15.9 Å². The zero-order valence-electron chi connectivity index (χ0n) is 11.0. The van der Waals surface area contributed by atoms with Crippen LogP contribution in [-0.2, 0) is 5.33 Å². The number of nitrogens with zero attached hydrogens (tertiary/aromatic N) is 2. The Morgan fingerprint density at radius 3 is 2.26 bits per heavy atom. The number of benzene rings is 1. The van der Waals surface area contributed by atoms with Crippen molar-refractivity contribution in [1.29, 1.82) is 0 Å². The highest BCUT2D eigenvalue weighted by Gasteiger charge is 2.32. The van der Waals surface area contributed by atoms with Crippen molar-refractivity contribution in [1.82, 2.24) is 9.80 Å². The van der Waals surface area contributed by atoms with E-state index in [1.807, 2.05) is 29.2 Å². The molecule has 3 rings (SSSR count). The van der Waals surface area contributed by atoms with Crippen LogP contribution in [0.25, 0.3) is 0 Å². The van der Waals surface area contributed by atoms with E-state index >= 15 is 0 Å². The molecule has 0 spiro atoms. The number of amides is 1. The van der Waals surface area contributed by atoms with E-state index in [-0.39, 0.29) is 5.91 Å². The molecule has 1 aromatic carbocycles. The van der Waals surface area contributed by atoms with Crippen LogP contribution < -0.4 is 0 Å². The summed E-state index contributed by atoms with van der Waals surface area (Å²) in [7, 11) is 0. The van der Waals surface area contributed by atoms with Gasteiger partial charge in [0.2, 0.25) is 0 Å². The van der Waals surface area contributed by atoms with Crippen LogP contribution in [0.15, 0.2) is 24.3 Å². The number of piperazine rings is 1. The van der Waals surface area contributed by atoms with Crippen LogP contribution in [0.2, 0.25) is 0 Å². The number of carbonyl (C=O) groups is 1. The molecule has 0 radical (unpaired) electrons. The van der Waals surface area contributed by atoms with Gasteiger partial charge in [-0.05, 0) is 30.5 Å². The fourth-order valence-corrected chi connectivity index (χ4v) is 3.02. The first-order chi connectivity index (χ1) is 9.28. The second-order valence-electron chi connectivity index (χ2n) is 5.39. The fraction of sp³-hybridized carbons (Fsp3) is 0.533. The molecule has 0 N–H and O–H groups in total. The summed E-state index contributed by atoms with van der Waals surface area (Å²) < 4.78 is 0. The standard InChI is InChI=1S/C15H19BrN2O/c16-11-12-1-3-13(4-2-12)15(19)18-9-7-17(8-10-18)14-5-6-14/h1-4,14H,5-11H2. The average molecular weight is 323 g/mol. The molecule has 2 fully saturated rings. The van der Waals surface area contributed by atoms with E-state index in [9.17, 15) is 4.79 Å². The molecule has 0 atom stereocenters. The van der Waals surface area contributed by atoms with E-state index in [1.165, 1.54) is 18.4 Å². The molecule has 1 saturated carbocycles. The minimum Gasteiger partial charge on any atom is -0.336 e. The Hall–Kier alpha value is -0.870. The second kappa shape index (κ2) is 5.63. The molecule has 0 aromatic heterocycles. The first-order valence-electron chi connectivity index (χ1n) is 6.96. The molecule has 1 amide bonds. The predicted octanol–water partition coefficient (Wildman–Crippen LogP) is 2.50. The van der Waals surface area contributed by atoms with E-state index in [0.717, 1.165) is 43.1 Å². The molecule has 1 saturated heterocycles. The Balaban J connectivity index is 1.60. The zero-order valence-corrected chi connectivity index (χ0v) is 12.6. The van der Waals surface area contributed by atoms with Gasteiger partial charge in [0.15, 0.2) is 0 Å². The summed E-state index contributed by atoms with van der Waals surface area (Å²) in [6.07, 6.45) is 2.70. The third-order valence-electron chi connectivity index (χ3n) is 4.02. The van der Waals surface area contributed by atoms with Crippen molar-refractivity contribution in [2.75, 3.05) is 26.2 Å². The Labute approximate surface area is 122 Å². The number of halogens is 1. The van der Waals surface area contributed by atoms with E-state index in [1.54, 1.807) is 0 Å². The summed E-state index contributed by atoms with van der Waals surface area (Å²) in [5.41, 5.74) is 2.01. The molecule has 1 heterocycles. The molecule has 0 bridgehead atoms. The van der Waals surface area contributed by atoms with E-state index in [4.69, 9.17) is 0 Å². The van der Waals surface area contributed by atoms with Gasteiger partial charge in [0, 0.05) is 43.1 Å². The van der Waals surface area contributed by atoms with Gasteiger partial charge in [-0.25, -0.2) is 0 Å². The normalized spacial score (nSPS) is 20.6. The first kappa shape index (κ1) is 13.1. The number of hydrogen-bond acceptors (Lipinski definition) is 2. The minimum atomic E-state index is 0.177. The van der Waals surface area contributed by atoms with Gasteiger partial charge in [0.25, 0.3) is 5.91 Å². The van der Waals surface area contributed by atoms with Gasteiger partial charge < -0.3 is 4.90 Å². The maximum atomic E-state index is 12.4. The van der Waals surface area contributed by atoms with Crippen molar-refractivity contribution in [3.05, 3.63) is 35.4 Å². The summed E-state index contributed by atoms with van der Waals surface area (Å²) >= 11 is 3.42. The highest BCUT2D eigenvalue weighted by Crippen LogP contribution is 2.27. The van der Waals surface area contributed by atoms with Crippen LogP contribution in [0.1, 0.15) is 28.8 Å². The predicted molar refractivity (Wildman–Crippen MR) is 79.6 cm³/mol. The van der Waals surface area contributed by atoms with Crippen molar-refractivity contribution in [2.45, 2.75) is 24.2 Å². The summed E-state index contributed by atoms with van der Waals surface area (Å²) in [5.74, 6) is 0.177. The van der Waals surface area contributed by atoms with Crippen molar-refractivity contribution >= 4 is 21.8 Å². The lowest BCUT2D eigenvalue weighted by Gasteiger charge is -2.34. The van der Waals surface area contributed by atoms with Gasteiger partial charge >= 0.3 is 0 Å². The lowest BCUT2D eigenvalue weighted by atomic mass is 10.1. The summed E-state index contributed by atoms with van der Waals surface area (Å²) in [4.78, 5) is 16.9. The Kier molecular flexibility index (Phi) is 3.89. The highest BCUT2D eigenvalue weighted by molar-refractivity contribution is 9.08. The van der Waals surface area contributed by atoms with Gasteiger partial charge in [-0.1, -0.05) is 28.1 Å². The summed E-state index contributed by atoms with van der Waals surface area (Å²) in [6, 6.07) is 8.72. The molecule has 19 heavy (non-hydrogen) atoms. The smallest absolute Gasteiger partial charge is 0.253 e. The second-order valence-corrected chi connectivity index (χ2v) is 5.95. The molecule has 2 aliphatic rings. The van der Waals surface area contributed by atoms with Gasteiger partial charge in [-0.2, -0.15) is 0 Å². The van der Waals surface area contributed by atoms with Crippen LogP contribution in [0.3, 0.4) is 0 Å². The molecule has 3 nitrogen and oxygen atoms in total. The number of hydrogen-bond donors (Lipinski definition) is 0. The molecule has 1 aliphatic carbocycles.